The summed E-state index contributed by atoms with van der Waals surface area (Å²) in [6.07, 6.45) is 12.5. The van der Waals surface area contributed by atoms with Gasteiger partial charge in [-0.3, -0.25) is 4.79 Å². The number of rotatable bonds is 1. The fourth-order valence-corrected chi connectivity index (χ4v) is 6.23. The molecule has 0 N–H and O–H groups in total. The van der Waals surface area contributed by atoms with E-state index in [-0.39, 0.29) is 5.41 Å². The molecule has 2 saturated carbocycles. The normalized spacial score (nSPS) is 47.0. The van der Waals surface area contributed by atoms with E-state index in [1.165, 1.54) is 18.4 Å². The molecule has 4 aliphatic carbocycles. The van der Waals surface area contributed by atoms with Crippen molar-refractivity contribution in [2.75, 3.05) is 7.11 Å². The van der Waals surface area contributed by atoms with Gasteiger partial charge >= 0.3 is 0 Å². The Morgan fingerprint density at radius 1 is 1.09 bits per heavy atom. The van der Waals surface area contributed by atoms with Gasteiger partial charge in [-0.25, -0.2) is 0 Å². The van der Waals surface area contributed by atoms with E-state index in [0.717, 1.165) is 49.7 Å². The first-order valence-corrected chi connectivity index (χ1v) is 8.97. The van der Waals surface area contributed by atoms with Crippen molar-refractivity contribution < 1.29 is 9.53 Å². The molecule has 0 radical (unpaired) electrons. The summed E-state index contributed by atoms with van der Waals surface area (Å²) in [5.74, 6) is 3.78. The zero-order valence-corrected chi connectivity index (χ0v) is 14.2. The van der Waals surface area contributed by atoms with E-state index in [2.05, 4.69) is 26.0 Å². The lowest BCUT2D eigenvalue weighted by Gasteiger charge is -2.55. The van der Waals surface area contributed by atoms with Crippen LogP contribution in [-0.2, 0) is 9.53 Å². The number of Topliss-reactive ketones (excluding diaryl/α,β-unsaturated/α-hetero) is 1. The van der Waals surface area contributed by atoms with E-state index in [4.69, 9.17) is 4.74 Å². The third-order valence-corrected chi connectivity index (χ3v) is 7.70. The summed E-state index contributed by atoms with van der Waals surface area (Å²) >= 11 is 0. The Labute approximate surface area is 134 Å². The Morgan fingerprint density at radius 3 is 2.64 bits per heavy atom. The first-order valence-electron chi connectivity index (χ1n) is 8.97. The van der Waals surface area contributed by atoms with Crippen LogP contribution in [0.15, 0.2) is 23.5 Å². The average molecular weight is 300 g/mol. The van der Waals surface area contributed by atoms with E-state index in [0.29, 0.717) is 17.1 Å². The van der Waals surface area contributed by atoms with Crippen LogP contribution in [0.4, 0.5) is 0 Å². The van der Waals surface area contributed by atoms with Gasteiger partial charge < -0.3 is 4.74 Å². The highest BCUT2D eigenvalue weighted by molar-refractivity contribution is 5.87. The minimum atomic E-state index is -0.00886. The Morgan fingerprint density at radius 2 is 1.86 bits per heavy atom. The van der Waals surface area contributed by atoms with Gasteiger partial charge in [0, 0.05) is 18.3 Å². The lowest BCUT2D eigenvalue weighted by atomic mass is 9.49. The number of ketones is 1. The average Bonchev–Trinajstić information content (AvgIpc) is 2.82. The van der Waals surface area contributed by atoms with Crippen LogP contribution in [0, 0.1) is 28.6 Å². The first-order chi connectivity index (χ1) is 10.5. The molecule has 0 aromatic rings. The first kappa shape index (κ1) is 14.5. The van der Waals surface area contributed by atoms with Crippen molar-refractivity contribution in [3.63, 3.8) is 0 Å². The number of allylic oxidation sites excluding steroid dienone is 4. The van der Waals surface area contributed by atoms with Crippen molar-refractivity contribution >= 4 is 5.78 Å². The summed E-state index contributed by atoms with van der Waals surface area (Å²) in [6.45, 7) is 4.73. The predicted octanol–water partition coefficient (Wildman–Crippen LogP) is 4.66. The van der Waals surface area contributed by atoms with Crippen LogP contribution in [-0.4, -0.2) is 12.9 Å². The fourth-order valence-electron chi connectivity index (χ4n) is 6.23. The molecule has 2 nitrogen and oxygen atoms in total. The molecule has 120 valence electrons. The molecular formula is C20H28O2. The third-order valence-electron chi connectivity index (χ3n) is 7.70. The Kier molecular flexibility index (Phi) is 3.12. The topological polar surface area (TPSA) is 26.3 Å². The van der Waals surface area contributed by atoms with Crippen molar-refractivity contribution in [1.82, 2.24) is 0 Å². The molecule has 5 unspecified atom stereocenters. The van der Waals surface area contributed by atoms with Crippen LogP contribution in [0.2, 0.25) is 0 Å². The van der Waals surface area contributed by atoms with Gasteiger partial charge in [-0.05, 0) is 66.9 Å². The molecular weight excluding hydrogens is 272 g/mol. The highest BCUT2D eigenvalue weighted by Gasteiger charge is 2.58. The van der Waals surface area contributed by atoms with Gasteiger partial charge in [-0.15, -0.1) is 0 Å². The molecule has 0 amide bonds. The highest BCUT2D eigenvalue weighted by atomic mass is 16.5. The maximum absolute atomic E-state index is 12.4. The molecule has 4 aliphatic rings. The quantitative estimate of drug-likeness (QED) is 0.704. The van der Waals surface area contributed by atoms with Crippen LogP contribution in [0.1, 0.15) is 58.8 Å². The van der Waals surface area contributed by atoms with Crippen LogP contribution in [0.3, 0.4) is 0 Å². The number of ether oxygens (including phenoxy) is 1. The van der Waals surface area contributed by atoms with Gasteiger partial charge in [-0.2, -0.15) is 0 Å². The van der Waals surface area contributed by atoms with Gasteiger partial charge in [0.1, 0.15) is 5.78 Å². The second-order valence-electron chi connectivity index (χ2n) is 8.42. The third kappa shape index (κ3) is 1.76. The molecule has 0 saturated heterocycles. The van der Waals surface area contributed by atoms with Crippen molar-refractivity contribution in [3.05, 3.63) is 23.5 Å². The van der Waals surface area contributed by atoms with Crippen molar-refractivity contribution in [2.45, 2.75) is 58.8 Å². The Balaban J connectivity index is 1.71. The zero-order valence-electron chi connectivity index (χ0n) is 14.2. The summed E-state index contributed by atoms with van der Waals surface area (Å²) in [6, 6.07) is 0. The SMILES string of the molecule is COC1=CC2=CCC3C4CCC(=O)C4(C)CCC3C2(C)CC1. The largest absolute Gasteiger partial charge is 0.501 e. The number of fused-ring (bicyclic) bond motifs is 5. The Bertz CT molecular complexity index is 572. The highest BCUT2D eigenvalue weighted by Crippen LogP contribution is 2.63. The summed E-state index contributed by atoms with van der Waals surface area (Å²) < 4.78 is 5.50. The van der Waals surface area contributed by atoms with E-state index < -0.39 is 0 Å². The second kappa shape index (κ2) is 4.72. The van der Waals surface area contributed by atoms with Crippen molar-refractivity contribution in [3.8, 4) is 0 Å². The number of hydrogen-bond donors (Lipinski definition) is 0. The summed E-state index contributed by atoms with van der Waals surface area (Å²) in [7, 11) is 1.79. The molecule has 2 heteroatoms. The minimum Gasteiger partial charge on any atom is -0.501 e. The molecule has 0 bridgehead atoms. The minimum absolute atomic E-state index is 0.00886. The standard InChI is InChI=1S/C20H28O2/c1-19-10-8-14(22-3)12-13(19)4-5-15-16-6-7-18(21)20(16,2)11-9-17(15)19/h4,12,15-17H,5-11H2,1-3H3. The molecule has 22 heavy (non-hydrogen) atoms. The van der Waals surface area contributed by atoms with Crippen LogP contribution < -0.4 is 0 Å². The van der Waals surface area contributed by atoms with E-state index in [1.807, 2.05) is 0 Å². The van der Waals surface area contributed by atoms with Gasteiger partial charge in [-0.1, -0.05) is 19.9 Å². The van der Waals surface area contributed by atoms with Crippen LogP contribution in [0.5, 0.6) is 0 Å². The summed E-state index contributed by atoms with van der Waals surface area (Å²) in [5, 5.41) is 0. The molecule has 4 rings (SSSR count). The predicted molar refractivity (Wildman–Crippen MR) is 87.2 cm³/mol. The Hall–Kier alpha value is -1.05. The lowest BCUT2D eigenvalue weighted by Crippen LogP contribution is -2.49. The van der Waals surface area contributed by atoms with Crippen LogP contribution in [0.25, 0.3) is 0 Å². The van der Waals surface area contributed by atoms with Gasteiger partial charge in [0.15, 0.2) is 0 Å². The summed E-state index contributed by atoms with van der Waals surface area (Å²) in [5.41, 5.74) is 1.80. The van der Waals surface area contributed by atoms with Crippen LogP contribution >= 0.6 is 0 Å². The maximum Gasteiger partial charge on any atom is 0.139 e. The maximum atomic E-state index is 12.4. The number of hydrogen-bond acceptors (Lipinski definition) is 2. The molecule has 0 heterocycles. The van der Waals surface area contributed by atoms with E-state index in [1.54, 1.807) is 7.11 Å². The second-order valence-corrected chi connectivity index (χ2v) is 8.42. The zero-order chi connectivity index (χ0) is 15.5. The molecule has 0 aliphatic heterocycles. The van der Waals surface area contributed by atoms with Gasteiger partial charge in [0.2, 0.25) is 0 Å². The molecule has 0 aromatic carbocycles. The summed E-state index contributed by atoms with van der Waals surface area (Å²) in [4.78, 5) is 12.4. The monoisotopic (exact) mass is 300 g/mol. The van der Waals surface area contributed by atoms with Gasteiger partial charge in [0.25, 0.3) is 0 Å². The molecule has 2 fully saturated rings. The van der Waals surface area contributed by atoms with Crippen molar-refractivity contribution in [1.29, 1.82) is 0 Å². The number of methoxy groups -OCH3 is 1. The van der Waals surface area contributed by atoms with E-state index >= 15 is 0 Å². The number of carbonyl (C=O) groups excluding carboxylic acids is 1. The van der Waals surface area contributed by atoms with E-state index in [9.17, 15) is 4.79 Å². The molecule has 5 atom stereocenters. The number of carbonyl (C=O) groups is 1. The van der Waals surface area contributed by atoms with Gasteiger partial charge in [0.05, 0.1) is 12.9 Å². The molecule has 0 aromatic heterocycles. The smallest absolute Gasteiger partial charge is 0.139 e. The fraction of sp³-hybridized carbons (Fsp3) is 0.750. The lowest BCUT2D eigenvalue weighted by molar-refractivity contribution is -0.131. The van der Waals surface area contributed by atoms with Crippen molar-refractivity contribution in [2.24, 2.45) is 28.6 Å². The molecule has 0 spiro atoms.